The molecule has 2 aromatic heterocycles. The highest BCUT2D eigenvalue weighted by Gasteiger charge is 2.24. The van der Waals surface area contributed by atoms with Gasteiger partial charge in [-0.05, 0) is 51.2 Å². The number of fused-ring (bicyclic) bond motifs is 2. The molecule has 1 atom stereocenters. The maximum atomic E-state index is 13.1. The van der Waals surface area contributed by atoms with Crippen LogP contribution in [-0.4, -0.2) is 21.0 Å². The Bertz CT molecular complexity index is 948. The average Bonchev–Trinajstić information content (AvgIpc) is 3.06. The molecule has 0 spiro atoms. The number of nitrogens with one attached hydrogen (secondary N) is 1. The quantitative estimate of drug-likeness (QED) is 0.794. The summed E-state index contributed by atoms with van der Waals surface area (Å²) in [5, 5.41) is 7.69. The van der Waals surface area contributed by atoms with Crippen LogP contribution >= 0.6 is 0 Å². The van der Waals surface area contributed by atoms with E-state index in [9.17, 15) is 4.79 Å². The first-order valence-corrected chi connectivity index (χ1v) is 8.65. The Hall–Kier alpha value is -2.76. The molecule has 0 saturated carbocycles. The molecule has 0 aliphatic heterocycles. The first kappa shape index (κ1) is 15.7. The fourth-order valence-corrected chi connectivity index (χ4v) is 3.45. The van der Waals surface area contributed by atoms with Gasteiger partial charge in [-0.3, -0.25) is 9.78 Å². The predicted molar refractivity (Wildman–Crippen MR) is 93.3 cm³/mol. The van der Waals surface area contributed by atoms with Gasteiger partial charge in [0.15, 0.2) is 5.82 Å². The van der Waals surface area contributed by atoms with Gasteiger partial charge in [0.1, 0.15) is 6.04 Å². The Balaban J connectivity index is 1.75. The van der Waals surface area contributed by atoms with Crippen LogP contribution in [0.2, 0.25) is 0 Å². The van der Waals surface area contributed by atoms with Crippen molar-refractivity contribution >= 4 is 16.8 Å². The van der Waals surface area contributed by atoms with Gasteiger partial charge in [0.2, 0.25) is 5.89 Å². The lowest BCUT2D eigenvalue weighted by Crippen LogP contribution is -2.29. The Labute approximate surface area is 145 Å². The fourth-order valence-electron chi connectivity index (χ4n) is 3.45. The summed E-state index contributed by atoms with van der Waals surface area (Å²) in [6.07, 6.45) is 4.03. The van der Waals surface area contributed by atoms with Crippen molar-refractivity contribution in [1.82, 2.24) is 20.4 Å². The number of aryl methyl sites for hydroxylation is 2. The van der Waals surface area contributed by atoms with Gasteiger partial charge in [-0.2, -0.15) is 4.98 Å². The van der Waals surface area contributed by atoms with E-state index < -0.39 is 0 Å². The molecule has 4 rings (SSSR count). The third-order valence-electron chi connectivity index (χ3n) is 4.66. The van der Waals surface area contributed by atoms with Gasteiger partial charge < -0.3 is 9.84 Å². The van der Waals surface area contributed by atoms with Crippen LogP contribution in [0, 0.1) is 6.92 Å². The van der Waals surface area contributed by atoms with Gasteiger partial charge in [-0.15, -0.1) is 0 Å². The van der Waals surface area contributed by atoms with Crippen molar-refractivity contribution in [2.24, 2.45) is 0 Å². The summed E-state index contributed by atoms with van der Waals surface area (Å²) >= 11 is 0. The number of hydrogen-bond acceptors (Lipinski definition) is 5. The van der Waals surface area contributed by atoms with E-state index in [1.54, 1.807) is 6.92 Å². The number of para-hydroxylation sites is 1. The number of hydrogen-bond donors (Lipinski definition) is 1. The van der Waals surface area contributed by atoms with Crippen LogP contribution in [0.15, 0.2) is 28.8 Å². The second-order valence-corrected chi connectivity index (χ2v) is 6.51. The standard InChI is InChI=1S/C19H20N4O2/c1-11(19-21-12(2)23-25-19)20-18(24)17-13-7-3-5-9-15(13)22-16-10-6-4-8-14(16)17/h3,5,7,9,11H,4,6,8,10H2,1-2H3,(H,20,24). The molecule has 0 bridgehead atoms. The molecule has 1 aromatic carbocycles. The largest absolute Gasteiger partial charge is 0.340 e. The topological polar surface area (TPSA) is 80.9 Å². The van der Waals surface area contributed by atoms with E-state index in [0.29, 0.717) is 11.7 Å². The molecule has 1 N–H and O–H groups in total. The molecule has 1 aliphatic rings. The van der Waals surface area contributed by atoms with E-state index in [2.05, 4.69) is 15.5 Å². The number of nitrogens with zero attached hydrogens (tertiary/aromatic N) is 3. The SMILES string of the molecule is Cc1noc(C(C)NC(=O)c2c3c(nc4ccccc24)CCCC3)n1. The molecule has 1 unspecified atom stereocenters. The summed E-state index contributed by atoms with van der Waals surface area (Å²) in [5.74, 6) is 0.862. The Morgan fingerprint density at radius 1 is 1.20 bits per heavy atom. The molecule has 25 heavy (non-hydrogen) atoms. The van der Waals surface area contributed by atoms with Crippen molar-refractivity contribution in [2.75, 3.05) is 0 Å². The number of carbonyl (C=O) groups is 1. The van der Waals surface area contributed by atoms with Gasteiger partial charge in [-0.25, -0.2) is 0 Å². The zero-order valence-electron chi connectivity index (χ0n) is 14.4. The molecule has 0 radical (unpaired) electrons. The van der Waals surface area contributed by atoms with Crippen LogP contribution in [0.1, 0.15) is 59.1 Å². The number of aromatic nitrogens is 3. The second kappa shape index (κ2) is 6.27. The van der Waals surface area contributed by atoms with Crippen LogP contribution in [0.4, 0.5) is 0 Å². The van der Waals surface area contributed by atoms with Crippen LogP contribution in [0.5, 0.6) is 0 Å². The van der Waals surface area contributed by atoms with E-state index in [1.807, 2.05) is 31.2 Å². The Kier molecular flexibility index (Phi) is 3.95. The molecule has 6 heteroatoms. The Morgan fingerprint density at radius 3 is 2.80 bits per heavy atom. The summed E-state index contributed by atoms with van der Waals surface area (Å²) in [6, 6.07) is 7.48. The van der Waals surface area contributed by atoms with Crippen molar-refractivity contribution in [2.45, 2.75) is 45.6 Å². The predicted octanol–water partition coefficient (Wildman–Crippen LogP) is 3.30. The Morgan fingerprint density at radius 2 is 2.00 bits per heavy atom. The van der Waals surface area contributed by atoms with Gasteiger partial charge in [-0.1, -0.05) is 23.4 Å². The van der Waals surface area contributed by atoms with Crippen molar-refractivity contribution in [3.8, 4) is 0 Å². The smallest absolute Gasteiger partial charge is 0.252 e. The first-order chi connectivity index (χ1) is 12.1. The highest BCUT2D eigenvalue weighted by atomic mass is 16.5. The molecule has 0 saturated heterocycles. The number of rotatable bonds is 3. The minimum absolute atomic E-state index is 0.111. The van der Waals surface area contributed by atoms with Gasteiger partial charge in [0.05, 0.1) is 11.1 Å². The summed E-state index contributed by atoms with van der Waals surface area (Å²) in [6.45, 7) is 3.61. The summed E-state index contributed by atoms with van der Waals surface area (Å²) < 4.78 is 5.17. The maximum absolute atomic E-state index is 13.1. The second-order valence-electron chi connectivity index (χ2n) is 6.51. The van der Waals surface area contributed by atoms with Gasteiger partial charge in [0, 0.05) is 11.1 Å². The third kappa shape index (κ3) is 2.88. The summed E-state index contributed by atoms with van der Waals surface area (Å²) in [7, 11) is 0. The summed E-state index contributed by atoms with van der Waals surface area (Å²) in [4.78, 5) is 22.1. The zero-order valence-corrected chi connectivity index (χ0v) is 14.4. The van der Waals surface area contributed by atoms with Crippen molar-refractivity contribution in [3.05, 3.63) is 52.8 Å². The highest BCUT2D eigenvalue weighted by Crippen LogP contribution is 2.29. The van der Waals surface area contributed by atoms with Crippen molar-refractivity contribution in [1.29, 1.82) is 0 Å². The lowest BCUT2D eigenvalue weighted by molar-refractivity contribution is 0.0933. The van der Waals surface area contributed by atoms with E-state index in [4.69, 9.17) is 9.51 Å². The van der Waals surface area contributed by atoms with Crippen LogP contribution < -0.4 is 5.32 Å². The maximum Gasteiger partial charge on any atom is 0.252 e. The first-order valence-electron chi connectivity index (χ1n) is 8.65. The average molecular weight is 336 g/mol. The third-order valence-corrected chi connectivity index (χ3v) is 4.66. The fraction of sp³-hybridized carbons (Fsp3) is 0.368. The minimum atomic E-state index is -0.347. The molecule has 3 aromatic rings. The normalized spacial score (nSPS) is 15.0. The molecule has 1 amide bonds. The lowest BCUT2D eigenvalue weighted by Gasteiger charge is -2.21. The van der Waals surface area contributed by atoms with Gasteiger partial charge in [0.25, 0.3) is 5.91 Å². The van der Waals surface area contributed by atoms with E-state index in [0.717, 1.165) is 53.4 Å². The van der Waals surface area contributed by atoms with Crippen LogP contribution in [0.25, 0.3) is 10.9 Å². The monoisotopic (exact) mass is 336 g/mol. The number of benzene rings is 1. The molecule has 128 valence electrons. The lowest BCUT2D eigenvalue weighted by atomic mass is 9.89. The zero-order chi connectivity index (χ0) is 17.4. The molecule has 0 fully saturated rings. The van der Waals surface area contributed by atoms with E-state index in [-0.39, 0.29) is 11.9 Å². The van der Waals surface area contributed by atoms with Gasteiger partial charge >= 0.3 is 0 Å². The number of carbonyl (C=O) groups excluding carboxylic acids is 1. The van der Waals surface area contributed by atoms with E-state index >= 15 is 0 Å². The molecule has 6 nitrogen and oxygen atoms in total. The molecular weight excluding hydrogens is 316 g/mol. The minimum Gasteiger partial charge on any atom is -0.340 e. The van der Waals surface area contributed by atoms with Crippen LogP contribution in [0.3, 0.4) is 0 Å². The summed E-state index contributed by atoms with van der Waals surface area (Å²) in [5.41, 5.74) is 3.74. The van der Waals surface area contributed by atoms with Crippen molar-refractivity contribution < 1.29 is 9.32 Å². The molecule has 2 heterocycles. The van der Waals surface area contributed by atoms with E-state index in [1.165, 1.54) is 0 Å². The molecule has 1 aliphatic carbocycles. The van der Waals surface area contributed by atoms with Crippen molar-refractivity contribution in [3.63, 3.8) is 0 Å². The number of pyridine rings is 1. The highest BCUT2D eigenvalue weighted by molar-refractivity contribution is 6.07. The van der Waals surface area contributed by atoms with Crippen LogP contribution in [-0.2, 0) is 12.8 Å². The molecular formula is C19H20N4O2. The number of amides is 1.